The number of halogens is 4. The van der Waals surface area contributed by atoms with Crippen molar-refractivity contribution in [1.29, 1.82) is 0 Å². The van der Waals surface area contributed by atoms with E-state index in [1.165, 1.54) is 13.0 Å². The largest absolute Gasteiger partial charge is 0.252 e. The van der Waals surface area contributed by atoms with Crippen LogP contribution in [0.1, 0.15) is 5.69 Å². The van der Waals surface area contributed by atoms with Gasteiger partial charge in [0.1, 0.15) is 0 Å². The topological polar surface area (TPSA) is 12.9 Å². The average molecular weight is 265 g/mol. The Kier molecular flexibility index (Phi) is 2.45. The molecule has 0 atom stereocenters. The van der Waals surface area contributed by atoms with Gasteiger partial charge in [-0.2, -0.15) is 0 Å². The van der Waals surface area contributed by atoms with E-state index in [0.29, 0.717) is 5.52 Å². The Morgan fingerprint density at radius 1 is 0.789 bits per heavy atom. The average Bonchev–Trinajstić information content (AvgIpc) is 2.41. The molecule has 19 heavy (non-hydrogen) atoms. The van der Waals surface area contributed by atoms with Gasteiger partial charge in [-0.15, -0.1) is 0 Å². The molecular formula is C14H7F4N. The minimum Gasteiger partial charge on any atom is -0.252 e. The molecule has 5 heteroatoms. The highest BCUT2D eigenvalue weighted by atomic mass is 19.2. The molecular weight excluding hydrogens is 258 g/mol. The summed E-state index contributed by atoms with van der Waals surface area (Å²) in [6.45, 7) is 1.43. The highest BCUT2D eigenvalue weighted by molar-refractivity contribution is 6.07. The molecule has 3 rings (SSSR count). The van der Waals surface area contributed by atoms with Crippen molar-refractivity contribution in [2.45, 2.75) is 6.92 Å². The monoisotopic (exact) mass is 265 g/mol. The fraction of sp³-hybridized carbons (Fsp3) is 0.0714. The maximum atomic E-state index is 13.9. The van der Waals surface area contributed by atoms with Crippen molar-refractivity contribution in [3.8, 4) is 0 Å². The summed E-state index contributed by atoms with van der Waals surface area (Å²) in [4.78, 5) is 4.08. The van der Waals surface area contributed by atoms with Gasteiger partial charge in [0.2, 0.25) is 0 Å². The number of aryl methyl sites for hydroxylation is 1. The van der Waals surface area contributed by atoms with Crippen LogP contribution in [-0.4, -0.2) is 4.98 Å². The number of fused-ring (bicyclic) bond motifs is 3. The van der Waals surface area contributed by atoms with E-state index in [4.69, 9.17) is 0 Å². The molecule has 0 fully saturated rings. The van der Waals surface area contributed by atoms with E-state index in [0.717, 1.165) is 0 Å². The third kappa shape index (κ3) is 1.51. The molecule has 0 unspecified atom stereocenters. The molecule has 1 aromatic heterocycles. The van der Waals surface area contributed by atoms with E-state index in [1.807, 2.05) is 0 Å². The third-order valence-corrected chi connectivity index (χ3v) is 3.09. The van der Waals surface area contributed by atoms with E-state index in [2.05, 4.69) is 4.98 Å². The van der Waals surface area contributed by atoms with E-state index in [1.54, 1.807) is 18.2 Å². The molecule has 96 valence electrons. The molecule has 1 heterocycles. The lowest BCUT2D eigenvalue weighted by molar-refractivity contribution is 0.418. The van der Waals surface area contributed by atoms with Crippen LogP contribution in [0.25, 0.3) is 21.7 Å². The third-order valence-electron chi connectivity index (χ3n) is 3.09. The summed E-state index contributed by atoms with van der Waals surface area (Å²) >= 11 is 0. The number of hydrogen-bond donors (Lipinski definition) is 0. The normalized spacial score (nSPS) is 11.4. The van der Waals surface area contributed by atoms with Crippen molar-refractivity contribution >= 4 is 21.7 Å². The van der Waals surface area contributed by atoms with Crippen LogP contribution in [0.4, 0.5) is 17.6 Å². The first-order valence-electron chi connectivity index (χ1n) is 5.53. The second-order valence-electron chi connectivity index (χ2n) is 4.22. The smallest absolute Gasteiger partial charge is 0.198 e. The predicted molar refractivity (Wildman–Crippen MR) is 63.8 cm³/mol. The van der Waals surface area contributed by atoms with E-state index in [9.17, 15) is 17.6 Å². The first kappa shape index (κ1) is 11.9. The van der Waals surface area contributed by atoms with Crippen LogP contribution in [0, 0.1) is 30.2 Å². The Balaban J connectivity index is 2.72. The molecule has 0 aliphatic carbocycles. The van der Waals surface area contributed by atoms with Crippen LogP contribution < -0.4 is 0 Å². The molecule has 0 aliphatic rings. The molecule has 0 aliphatic heterocycles. The summed E-state index contributed by atoms with van der Waals surface area (Å²) in [5, 5.41) is -0.354. The van der Waals surface area contributed by atoms with Gasteiger partial charge in [-0.3, -0.25) is 4.98 Å². The SMILES string of the molecule is Cc1nc2ccccc2c2c(F)c(F)c(F)c(F)c12. The number of para-hydroxylation sites is 1. The van der Waals surface area contributed by atoms with E-state index in [-0.39, 0.29) is 21.9 Å². The van der Waals surface area contributed by atoms with Gasteiger partial charge in [-0.25, -0.2) is 17.6 Å². The quantitative estimate of drug-likeness (QED) is 0.256. The summed E-state index contributed by atoms with van der Waals surface area (Å²) in [5.74, 6) is -6.42. The molecule has 0 saturated heterocycles. The van der Waals surface area contributed by atoms with Crippen molar-refractivity contribution in [2.75, 3.05) is 0 Å². The van der Waals surface area contributed by atoms with Gasteiger partial charge in [0.05, 0.1) is 5.52 Å². The molecule has 0 amide bonds. The fourth-order valence-corrected chi connectivity index (χ4v) is 2.24. The zero-order chi connectivity index (χ0) is 13.7. The number of rotatable bonds is 0. The number of hydrogen-bond acceptors (Lipinski definition) is 1. The summed E-state index contributed by atoms with van der Waals surface area (Å²) in [5.41, 5.74) is 0.515. The Hall–Kier alpha value is -2.17. The van der Waals surface area contributed by atoms with E-state index >= 15 is 0 Å². The first-order valence-corrected chi connectivity index (χ1v) is 5.53. The Bertz CT molecular complexity index is 827. The van der Waals surface area contributed by atoms with Gasteiger partial charge in [0, 0.05) is 21.9 Å². The second kappa shape index (κ2) is 3.91. The van der Waals surface area contributed by atoms with Crippen molar-refractivity contribution in [3.63, 3.8) is 0 Å². The first-order chi connectivity index (χ1) is 9.02. The Morgan fingerprint density at radius 2 is 1.37 bits per heavy atom. The summed E-state index contributed by atoms with van der Waals surface area (Å²) in [6, 6.07) is 6.36. The molecule has 0 N–H and O–H groups in total. The minimum atomic E-state index is -1.81. The molecule has 0 bridgehead atoms. The predicted octanol–water partition coefficient (Wildman–Crippen LogP) is 4.25. The van der Waals surface area contributed by atoms with Crippen molar-refractivity contribution < 1.29 is 17.6 Å². The Labute approximate surface area is 105 Å². The van der Waals surface area contributed by atoms with Crippen LogP contribution in [0.3, 0.4) is 0 Å². The van der Waals surface area contributed by atoms with Gasteiger partial charge < -0.3 is 0 Å². The lowest BCUT2D eigenvalue weighted by atomic mass is 10.0. The van der Waals surface area contributed by atoms with Crippen LogP contribution >= 0.6 is 0 Å². The summed E-state index contributed by atoms with van der Waals surface area (Å²) in [7, 11) is 0. The standard InChI is InChI=1S/C14H7F4N/c1-6-9-10(7-4-2-3-5-8(7)19-6)12(16)14(18)13(17)11(9)15/h2-5H,1H3. The van der Waals surface area contributed by atoms with Gasteiger partial charge >= 0.3 is 0 Å². The Morgan fingerprint density at radius 3 is 2.05 bits per heavy atom. The molecule has 0 radical (unpaired) electrons. The minimum absolute atomic E-state index is 0.115. The van der Waals surface area contributed by atoms with Crippen LogP contribution in [0.5, 0.6) is 0 Å². The van der Waals surface area contributed by atoms with Crippen molar-refractivity contribution in [1.82, 2.24) is 4.98 Å². The maximum absolute atomic E-state index is 13.9. The lowest BCUT2D eigenvalue weighted by Crippen LogP contribution is -2.01. The fourth-order valence-electron chi connectivity index (χ4n) is 2.24. The van der Waals surface area contributed by atoms with Crippen molar-refractivity contribution in [3.05, 3.63) is 53.2 Å². The van der Waals surface area contributed by atoms with Gasteiger partial charge in [-0.05, 0) is 13.0 Å². The highest BCUT2D eigenvalue weighted by Gasteiger charge is 2.23. The van der Waals surface area contributed by atoms with Crippen LogP contribution in [-0.2, 0) is 0 Å². The zero-order valence-electron chi connectivity index (χ0n) is 9.77. The number of nitrogens with zero attached hydrogens (tertiary/aromatic N) is 1. The molecule has 3 aromatic rings. The van der Waals surface area contributed by atoms with Gasteiger partial charge in [0.25, 0.3) is 0 Å². The van der Waals surface area contributed by atoms with Gasteiger partial charge in [-0.1, -0.05) is 18.2 Å². The number of pyridine rings is 1. The molecule has 0 saturated carbocycles. The summed E-state index contributed by atoms with van der Waals surface area (Å²) in [6.07, 6.45) is 0. The highest BCUT2D eigenvalue weighted by Crippen LogP contribution is 2.33. The van der Waals surface area contributed by atoms with E-state index < -0.39 is 23.3 Å². The lowest BCUT2D eigenvalue weighted by Gasteiger charge is -2.10. The maximum Gasteiger partial charge on any atom is 0.198 e. The molecule has 1 nitrogen and oxygen atoms in total. The van der Waals surface area contributed by atoms with Gasteiger partial charge in [0.15, 0.2) is 23.3 Å². The number of aromatic nitrogens is 1. The molecule has 0 spiro atoms. The van der Waals surface area contributed by atoms with Crippen LogP contribution in [0.15, 0.2) is 24.3 Å². The molecule has 2 aromatic carbocycles. The number of benzene rings is 2. The second-order valence-corrected chi connectivity index (χ2v) is 4.22. The van der Waals surface area contributed by atoms with Crippen molar-refractivity contribution in [2.24, 2.45) is 0 Å². The summed E-state index contributed by atoms with van der Waals surface area (Å²) < 4.78 is 54.4. The van der Waals surface area contributed by atoms with Crippen LogP contribution in [0.2, 0.25) is 0 Å². The zero-order valence-corrected chi connectivity index (χ0v) is 9.77.